The predicted molar refractivity (Wildman–Crippen MR) is 126 cm³/mol. The van der Waals surface area contributed by atoms with Gasteiger partial charge in [0.25, 0.3) is 0 Å². The number of benzene rings is 2. The van der Waals surface area contributed by atoms with Crippen LogP contribution in [0.5, 0.6) is 11.5 Å². The van der Waals surface area contributed by atoms with Crippen LogP contribution in [0.15, 0.2) is 60.9 Å². The number of carbonyl (C=O) groups excluding carboxylic acids is 2. The normalized spacial score (nSPS) is 13.8. The molecule has 0 atom stereocenters. The van der Waals surface area contributed by atoms with Gasteiger partial charge in [-0.15, -0.1) is 0 Å². The van der Waals surface area contributed by atoms with Crippen molar-refractivity contribution in [2.24, 2.45) is 0 Å². The van der Waals surface area contributed by atoms with Gasteiger partial charge in [-0.1, -0.05) is 12.1 Å². The zero-order chi connectivity index (χ0) is 24.6. The summed E-state index contributed by atoms with van der Waals surface area (Å²) in [7, 11) is 0. The first kappa shape index (κ1) is 24.2. The van der Waals surface area contributed by atoms with Crippen molar-refractivity contribution < 1.29 is 23.1 Å². The van der Waals surface area contributed by atoms with Gasteiger partial charge in [-0.3, -0.25) is 20.0 Å². The fourth-order valence-corrected chi connectivity index (χ4v) is 3.64. The van der Waals surface area contributed by atoms with E-state index in [-0.39, 0.29) is 17.9 Å². The number of piperazine rings is 1. The van der Waals surface area contributed by atoms with Crippen LogP contribution < -0.4 is 20.7 Å². The summed E-state index contributed by atoms with van der Waals surface area (Å²) in [6.07, 6.45) is 3.19. The zero-order valence-corrected chi connectivity index (χ0v) is 18.9. The molecule has 1 aliphatic heterocycles. The lowest BCUT2D eigenvalue weighted by molar-refractivity contribution is -0.119. The summed E-state index contributed by atoms with van der Waals surface area (Å²) in [6.45, 7) is 4.25. The number of imide groups is 1. The Bertz CT molecular complexity index is 1180. The van der Waals surface area contributed by atoms with Gasteiger partial charge in [0.15, 0.2) is 11.6 Å². The molecule has 1 aromatic heterocycles. The molecule has 3 N–H and O–H groups in total. The molecule has 0 saturated carbocycles. The van der Waals surface area contributed by atoms with Crippen molar-refractivity contribution in [3.63, 3.8) is 0 Å². The van der Waals surface area contributed by atoms with Crippen molar-refractivity contribution in [1.82, 2.24) is 20.5 Å². The van der Waals surface area contributed by atoms with Crippen LogP contribution in [-0.4, -0.2) is 48.0 Å². The highest BCUT2D eigenvalue weighted by molar-refractivity contribution is 6.01. The van der Waals surface area contributed by atoms with Crippen molar-refractivity contribution in [3.8, 4) is 11.5 Å². The maximum absolute atomic E-state index is 14.7. The first-order valence-corrected chi connectivity index (χ1v) is 11.1. The van der Waals surface area contributed by atoms with E-state index in [1.807, 2.05) is 0 Å². The van der Waals surface area contributed by atoms with Crippen LogP contribution >= 0.6 is 0 Å². The zero-order valence-electron chi connectivity index (χ0n) is 18.9. The lowest BCUT2D eigenvalue weighted by Crippen LogP contribution is -2.42. The van der Waals surface area contributed by atoms with Crippen molar-refractivity contribution in [3.05, 3.63) is 83.7 Å². The molecular formula is C25H25F2N5O3. The minimum atomic E-state index is -0.808. The van der Waals surface area contributed by atoms with Crippen LogP contribution in [-0.2, 0) is 17.8 Å². The first-order valence-electron chi connectivity index (χ1n) is 11.1. The Morgan fingerprint density at radius 2 is 1.80 bits per heavy atom. The minimum absolute atomic E-state index is 0.00361. The van der Waals surface area contributed by atoms with Crippen molar-refractivity contribution in [2.75, 3.05) is 31.5 Å². The number of carbonyl (C=O) groups is 2. The fourth-order valence-electron chi connectivity index (χ4n) is 3.64. The van der Waals surface area contributed by atoms with Crippen LogP contribution in [0.2, 0.25) is 0 Å². The van der Waals surface area contributed by atoms with Crippen LogP contribution in [0.4, 0.5) is 19.3 Å². The predicted octanol–water partition coefficient (Wildman–Crippen LogP) is 3.45. The monoisotopic (exact) mass is 481 g/mol. The third-order valence-corrected chi connectivity index (χ3v) is 5.40. The molecule has 2 heterocycles. The molecule has 1 fully saturated rings. The van der Waals surface area contributed by atoms with E-state index in [1.54, 1.807) is 18.5 Å². The number of amides is 3. The van der Waals surface area contributed by atoms with Gasteiger partial charge in [-0.25, -0.2) is 13.6 Å². The molecule has 2 aromatic carbocycles. The van der Waals surface area contributed by atoms with Crippen LogP contribution in [0.3, 0.4) is 0 Å². The summed E-state index contributed by atoms with van der Waals surface area (Å²) < 4.78 is 33.5. The Morgan fingerprint density at radius 1 is 1.03 bits per heavy atom. The molecule has 0 bridgehead atoms. The summed E-state index contributed by atoms with van der Waals surface area (Å²) >= 11 is 0. The van der Waals surface area contributed by atoms with Crippen molar-refractivity contribution in [2.45, 2.75) is 13.0 Å². The Hall–Kier alpha value is -3.89. The molecule has 0 aliphatic carbocycles. The number of halogens is 2. The molecule has 3 aromatic rings. The smallest absolute Gasteiger partial charge is 0.325 e. The Morgan fingerprint density at radius 3 is 2.54 bits per heavy atom. The number of anilines is 1. The largest absolute Gasteiger partial charge is 0.454 e. The molecule has 182 valence electrons. The molecule has 10 heteroatoms. The van der Waals surface area contributed by atoms with Gasteiger partial charge in [-0.05, 0) is 35.9 Å². The molecule has 3 amide bonds. The SMILES string of the molecule is O=C(Cc1ccc(F)cc1)NC(=O)Nc1ccc(Oc2ccncc2CN2CCNCC2)c(F)c1. The van der Waals surface area contributed by atoms with Gasteiger partial charge in [-0.2, -0.15) is 0 Å². The van der Waals surface area contributed by atoms with E-state index in [9.17, 15) is 18.4 Å². The maximum atomic E-state index is 14.7. The van der Waals surface area contributed by atoms with E-state index in [4.69, 9.17) is 4.74 Å². The average molecular weight is 482 g/mol. The van der Waals surface area contributed by atoms with Gasteiger partial charge < -0.3 is 15.4 Å². The van der Waals surface area contributed by atoms with Gasteiger partial charge in [0.1, 0.15) is 11.6 Å². The lowest BCUT2D eigenvalue weighted by Gasteiger charge is -2.27. The standard InChI is InChI=1S/C25H25F2N5O3/c26-19-3-1-17(2-4-19)13-24(33)31-25(34)30-20-5-6-23(21(27)14-20)35-22-7-8-29-15-18(22)16-32-11-9-28-10-12-32/h1-8,14-15,28H,9-13,16H2,(H2,30,31,33,34). The van der Waals surface area contributed by atoms with E-state index in [0.717, 1.165) is 37.8 Å². The first-order chi connectivity index (χ1) is 17.0. The summed E-state index contributed by atoms with van der Waals surface area (Å²) in [5, 5.41) is 7.88. The third-order valence-electron chi connectivity index (χ3n) is 5.40. The van der Waals surface area contributed by atoms with E-state index in [0.29, 0.717) is 17.9 Å². The van der Waals surface area contributed by atoms with E-state index in [2.05, 4.69) is 25.8 Å². The minimum Gasteiger partial charge on any atom is -0.454 e. The van der Waals surface area contributed by atoms with Crippen LogP contribution in [0.25, 0.3) is 0 Å². The Balaban J connectivity index is 1.34. The van der Waals surface area contributed by atoms with Gasteiger partial charge >= 0.3 is 6.03 Å². The number of rotatable bonds is 7. The number of nitrogens with zero attached hydrogens (tertiary/aromatic N) is 2. The van der Waals surface area contributed by atoms with Gasteiger partial charge in [0.05, 0.1) is 6.42 Å². The second kappa shape index (κ2) is 11.5. The third kappa shape index (κ3) is 7.05. The number of aromatic nitrogens is 1. The summed E-state index contributed by atoms with van der Waals surface area (Å²) in [5.41, 5.74) is 1.55. The summed E-state index contributed by atoms with van der Waals surface area (Å²) in [4.78, 5) is 30.6. The number of urea groups is 1. The van der Waals surface area contributed by atoms with E-state index >= 15 is 0 Å². The number of hydrogen-bond donors (Lipinski definition) is 3. The Labute approximate surface area is 201 Å². The van der Waals surface area contributed by atoms with E-state index in [1.165, 1.54) is 36.4 Å². The molecule has 35 heavy (non-hydrogen) atoms. The molecule has 0 spiro atoms. The molecule has 0 radical (unpaired) electrons. The highest BCUT2D eigenvalue weighted by Gasteiger charge is 2.16. The maximum Gasteiger partial charge on any atom is 0.325 e. The van der Waals surface area contributed by atoms with Crippen LogP contribution in [0, 0.1) is 11.6 Å². The molecular weight excluding hydrogens is 456 g/mol. The number of nitrogens with one attached hydrogen (secondary N) is 3. The number of ether oxygens (including phenoxy) is 1. The van der Waals surface area contributed by atoms with Crippen molar-refractivity contribution >= 4 is 17.6 Å². The highest BCUT2D eigenvalue weighted by atomic mass is 19.1. The summed E-state index contributed by atoms with van der Waals surface area (Å²) in [6, 6.07) is 10.2. The molecule has 8 nitrogen and oxygen atoms in total. The lowest BCUT2D eigenvalue weighted by atomic mass is 10.1. The Kier molecular flexibility index (Phi) is 7.96. The second-order valence-corrected chi connectivity index (χ2v) is 8.06. The van der Waals surface area contributed by atoms with Crippen LogP contribution in [0.1, 0.15) is 11.1 Å². The second-order valence-electron chi connectivity index (χ2n) is 8.06. The molecule has 1 aliphatic rings. The number of pyridine rings is 1. The van der Waals surface area contributed by atoms with Gasteiger partial charge in [0.2, 0.25) is 5.91 Å². The quantitative estimate of drug-likeness (QED) is 0.479. The fraction of sp³-hybridized carbons (Fsp3) is 0.240. The molecule has 4 rings (SSSR count). The average Bonchev–Trinajstić information content (AvgIpc) is 2.84. The number of hydrogen-bond acceptors (Lipinski definition) is 6. The van der Waals surface area contributed by atoms with Gasteiger partial charge in [0, 0.05) is 62.4 Å². The topological polar surface area (TPSA) is 95.6 Å². The van der Waals surface area contributed by atoms with Crippen molar-refractivity contribution in [1.29, 1.82) is 0 Å². The molecule has 0 unspecified atom stereocenters. The highest BCUT2D eigenvalue weighted by Crippen LogP contribution is 2.29. The molecule has 1 saturated heterocycles. The van der Waals surface area contributed by atoms with E-state index < -0.39 is 23.6 Å². The summed E-state index contributed by atoms with van der Waals surface area (Å²) in [5.74, 6) is -1.17.